The molecule has 0 aliphatic carbocycles. The molecule has 4 N–H and O–H groups in total. The molecule has 0 heterocycles. The molecule has 4 rings (SSSR count). The van der Waals surface area contributed by atoms with E-state index in [1.807, 2.05) is 0 Å². The quantitative estimate of drug-likeness (QED) is 0.249. The molecular formula is C24H16F6N2. The highest BCUT2D eigenvalue weighted by Gasteiger charge is 2.35. The first-order valence-corrected chi connectivity index (χ1v) is 9.42. The summed E-state index contributed by atoms with van der Waals surface area (Å²) < 4.78 is 81.4. The maximum atomic E-state index is 13.6. The zero-order chi connectivity index (χ0) is 23.3. The maximum Gasteiger partial charge on any atom is 0.417 e. The average molecular weight is 446 g/mol. The minimum absolute atomic E-state index is 0.0211. The second kappa shape index (κ2) is 7.47. The van der Waals surface area contributed by atoms with E-state index in [2.05, 4.69) is 0 Å². The fourth-order valence-corrected chi connectivity index (χ4v) is 3.77. The van der Waals surface area contributed by atoms with Crippen LogP contribution < -0.4 is 11.5 Å². The van der Waals surface area contributed by atoms with Gasteiger partial charge in [-0.1, -0.05) is 42.5 Å². The monoisotopic (exact) mass is 446 g/mol. The second-order valence-corrected chi connectivity index (χ2v) is 7.35. The van der Waals surface area contributed by atoms with Crippen molar-refractivity contribution in [3.05, 3.63) is 83.9 Å². The van der Waals surface area contributed by atoms with Crippen LogP contribution in [0, 0.1) is 0 Å². The molecule has 0 saturated heterocycles. The van der Waals surface area contributed by atoms with Crippen molar-refractivity contribution in [1.29, 1.82) is 0 Å². The number of anilines is 2. The van der Waals surface area contributed by atoms with Crippen LogP contribution in [0.2, 0.25) is 0 Å². The summed E-state index contributed by atoms with van der Waals surface area (Å²) in [6.07, 6.45) is -9.24. The first-order valence-electron chi connectivity index (χ1n) is 9.42. The third-order valence-corrected chi connectivity index (χ3v) is 5.18. The van der Waals surface area contributed by atoms with Crippen molar-refractivity contribution in [2.24, 2.45) is 0 Å². The van der Waals surface area contributed by atoms with Gasteiger partial charge in [0, 0.05) is 11.4 Å². The Morgan fingerprint density at radius 3 is 1.69 bits per heavy atom. The van der Waals surface area contributed by atoms with Gasteiger partial charge in [0.15, 0.2) is 0 Å². The van der Waals surface area contributed by atoms with Crippen molar-refractivity contribution in [3.8, 4) is 22.3 Å². The number of benzene rings is 4. The zero-order valence-electron chi connectivity index (χ0n) is 16.4. The molecule has 0 bridgehead atoms. The highest BCUT2D eigenvalue weighted by Crippen LogP contribution is 2.42. The summed E-state index contributed by atoms with van der Waals surface area (Å²) in [6, 6.07) is 16.3. The molecule has 2 nitrogen and oxygen atoms in total. The molecule has 0 aliphatic heterocycles. The number of hydrogen-bond acceptors (Lipinski definition) is 2. The Labute approximate surface area is 179 Å². The van der Waals surface area contributed by atoms with Crippen molar-refractivity contribution in [3.63, 3.8) is 0 Å². The summed E-state index contributed by atoms with van der Waals surface area (Å²) >= 11 is 0. The molecule has 0 spiro atoms. The molecule has 4 aromatic carbocycles. The molecule has 32 heavy (non-hydrogen) atoms. The standard InChI is InChI=1S/C24H16F6N2/c25-23(26,27)21-11-15(31)5-8-18(21)14-4-7-17-13(10-14)2-1-3-19(17)20-9-6-16(32)12-22(20)24(28,29)30/h1-12H,31-32H2. The first-order chi connectivity index (χ1) is 14.9. The van der Waals surface area contributed by atoms with E-state index in [9.17, 15) is 26.3 Å². The third-order valence-electron chi connectivity index (χ3n) is 5.18. The molecule has 0 radical (unpaired) electrons. The topological polar surface area (TPSA) is 52.0 Å². The molecule has 0 aromatic heterocycles. The highest BCUT2D eigenvalue weighted by molar-refractivity contribution is 5.99. The Balaban J connectivity index is 1.92. The number of halogens is 6. The maximum absolute atomic E-state index is 13.6. The summed E-state index contributed by atoms with van der Waals surface area (Å²) in [5.41, 5.74) is 9.73. The molecule has 4 aromatic rings. The van der Waals surface area contributed by atoms with Crippen LogP contribution in [0.25, 0.3) is 33.0 Å². The molecule has 0 fully saturated rings. The summed E-state index contributed by atoms with van der Waals surface area (Å²) in [4.78, 5) is 0. The smallest absolute Gasteiger partial charge is 0.399 e. The summed E-state index contributed by atoms with van der Waals surface area (Å²) in [5, 5.41) is 0.963. The van der Waals surface area contributed by atoms with E-state index in [-0.39, 0.29) is 28.1 Å². The van der Waals surface area contributed by atoms with Crippen LogP contribution in [0.3, 0.4) is 0 Å². The van der Waals surface area contributed by atoms with Crippen molar-refractivity contribution < 1.29 is 26.3 Å². The molecule has 0 amide bonds. The van der Waals surface area contributed by atoms with Gasteiger partial charge in [-0.15, -0.1) is 0 Å². The van der Waals surface area contributed by atoms with Crippen LogP contribution in [0.1, 0.15) is 11.1 Å². The summed E-state index contributed by atoms with van der Waals surface area (Å²) in [5.74, 6) is 0. The summed E-state index contributed by atoms with van der Waals surface area (Å²) in [6.45, 7) is 0. The minimum Gasteiger partial charge on any atom is -0.399 e. The number of rotatable bonds is 2. The highest BCUT2D eigenvalue weighted by atomic mass is 19.4. The molecule has 164 valence electrons. The van der Waals surface area contributed by atoms with Gasteiger partial charge < -0.3 is 11.5 Å². The lowest BCUT2D eigenvalue weighted by Crippen LogP contribution is -2.08. The van der Waals surface area contributed by atoms with E-state index in [0.29, 0.717) is 16.3 Å². The predicted molar refractivity (Wildman–Crippen MR) is 114 cm³/mol. The van der Waals surface area contributed by atoms with Crippen LogP contribution in [0.5, 0.6) is 0 Å². The first kappa shape index (κ1) is 21.5. The molecule has 8 heteroatoms. The lowest BCUT2D eigenvalue weighted by Gasteiger charge is -2.17. The molecule has 0 unspecified atom stereocenters. The van der Waals surface area contributed by atoms with Crippen LogP contribution >= 0.6 is 0 Å². The SMILES string of the molecule is Nc1ccc(-c2ccc3c(-c4ccc(N)cc4C(F)(F)F)cccc3c2)c(C(F)(F)F)c1. The number of nitrogen functional groups attached to an aromatic ring is 2. The van der Waals surface area contributed by atoms with Crippen molar-refractivity contribution in [2.75, 3.05) is 11.5 Å². The van der Waals surface area contributed by atoms with Crippen LogP contribution in [-0.2, 0) is 12.4 Å². The Kier molecular flexibility index (Phi) is 5.03. The number of fused-ring (bicyclic) bond motifs is 1. The molecular weight excluding hydrogens is 430 g/mol. The molecule has 0 aliphatic rings. The Morgan fingerprint density at radius 2 is 1.09 bits per heavy atom. The van der Waals surface area contributed by atoms with Gasteiger partial charge in [-0.2, -0.15) is 26.3 Å². The normalized spacial score (nSPS) is 12.3. The van der Waals surface area contributed by atoms with E-state index in [0.717, 1.165) is 12.1 Å². The Morgan fingerprint density at radius 1 is 0.531 bits per heavy atom. The fraction of sp³-hybridized carbons (Fsp3) is 0.0833. The molecule has 0 saturated carbocycles. The van der Waals surface area contributed by atoms with Crippen LogP contribution in [0.15, 0.2) is 72.8 Å². The molecule has 0 atom stereocenters. The van der Waals surface area contributed by atoms with Gasteiger partial charge in [0.05, 0.1) is 11.1 Å². The second-order valence-electron chi connectivity index (χ2n) is 7.35. The van der Waals surface area contributed by atoms with Crippen LogP contribution in [-0.4, -0.2) is 0 Å². The Hall–Kier alpha value is -3.68. The van der Waals surface area contributed by atoms with Crippen molar-refractivity contribution in [2.45, 2.75) is 12.4 Å². The van der Waals surface area contributed by atoms with Gasteiger partial charge >= 0.3 is 12.4 Å². The third kappa shape index (κ3) is 3.95. The van der Waals surface area contributed by atoms with Crippen molar-refractivity contribution >= 4 is 22.1 Å². The lowest BCUT2D eigenvalue weighted by molar-refractivity contribution is -0.137. The van der Waals surface area contributed by atoms with Gasteiger partial charge in [-0.3, -0.25) is 0 Å². The predicted octanol–water partition coefficient (Wildman–Crippen LogP) is 7.38. The van der Waals surface area contributed by atoms with Gasteiger partial charge in [0.2, 0.25) is 0 Å². The number of alkyl halides is 6. The largest absolute Gasteiger partial charge is 0.417 e. The van der Waals surface area contributed by atoms with Gasteiger partial charge in [0.25, 0.3) is 0 Å². The van der Waals surface area contributed by atoms with Gasteiger partial charge in [-0.05, 0) is 63.4 Å². The van der Waals surface area contributed by atoms with E-state index in [1.165, 1.54) is 48.5 Å². The average Bonchev–Trinajstić information content (AvgIpc) is 2.71. The fourth-order valence-electron chi connectivity index (χ4n) is 3.77. The number of nitrogens with two attached hydrogens (primary N) is 2. The lowest BCUT2D eigenvalue weighted by atomic mass is 9.91. The van der Waals surface area contributed by atoms with Crippen molar-refractivity contribution in [1.82, 2.24) is 0 Å². The van der Waals surface area contributed by atoms with E-state index >= 15 is 0 Å². The zero-order valence-corrected chi connectivity index (χ0v) is 16.4. The Bertz CT molecular complexity index is 1320. The summed E-state index contributed by atoms with van der Waals surface area (Å²) in [7, 11) is 0. The minimum atomic E-state index is -4.63. The van der Waals surface area contributed by atoms with E-state index in [4.69, 9.17) is 11.5 Å². The van der Waals surface area contributed by atoms with E-state index < -0.39 is 23.5 Å². The van der Waals surface area contributed by atoms with Gasteiger partial charge in [-0.25, -0.2) is 0 Å². The van der Waals surface area contributed by atoms with Gasteiger partial charge in [0.1, 0.15) is 0 Å². The van der Waals surface area contributed by atoms with E-state index in [1.54, 1.807) is 12.1 Å². The van der Waals surface area contributed by atoms with Crippen LogP contribution in [0.4, 0.5) is 37.7 Å². The number of hydrogen-bond donors (Lipinski definition) is 2.